The molecule has 0 aliphatic carbocycles. The average Bonchev–Trinajstić information content (AvgIpc) is 2.90. The summed E-state index contributed by atoms with van der Waals surface area (Å²) in [7, 11) is 0. The lowest BCUT2D eigenvalue weighted by molar-refractivity contribution is 0.900. The van der Waals surface area contributed by atoms with Crippen LogP contribution in [-0.2, 0) is 6.54 Å². The fourth-order valence-electron chi connectivity index (χ4n) is 2.87. The molecule has 120 valence electrons. The normalized spacial score (nSPS) is 11.5. The Morgan fingerprint density at radius 2 is 2.08 bits per heavy atom. The fraction of sp³-hybridized carbons (Fsp3) is 0.125. The molecule has 0 unspecified atom stereocenters. The smallest absolute Gasteiger partial charge is 0.272 e. The van der Waals surface area contributed by atoms with Crippen LogP contribution in [0.1, 0.15) is 11.4 Å². The van der Waals surface area contributed by atoms with E-state index in [2.05, 4.69) is 20.3 Å². The van der Waals surface area contributed by atoms with Crippen LogP contribution in [0.4, 0.5) is 0 Å². The highest BCUT2D eigenvalue weighted by Crippen LogP contribution is 2.27. The maximum atomic E-state index is 12.0. The van der Waals surface area contributed by atoms with Crippen molar-refractivity contribution in [1.29, 1.82) is 0 Å². The van der Waals surface area contributed by atoms with E-state index in [1.54, 1.807) is 16.6 Å². The van der Waals surface area contributed by atoms with E-state index in [0.717, 1.165) is 22.3 Å². The zero-order chi connectivity index (χ0) is 16.8. The molecule has 0 bridgehead atoms. The fourth-order valence-corrected chi connectivity index (χ4v) is 3.01. The van der Waals surface area contributed by atoms with Gasteiger partial charge in [0.25, 0.3) is 5.56 Å². The van der Waals surface area contributed by atoms with Gasteiger partial charge < -0.3 is 5.73 Å². The third-order valence-electron chi connectivity index (χ3n) is 3.95. The van der Waals surface area contributed by atoms with E-state index in [4.69, 9.17) is 17.3 Å². The van der Waals surface area contributed by atoms with Crippen molar-refractivity contribution >= 4 is 28.0 Å². The van der Waals surface area contributed by atoms with Gasteiger partial charge in [-0.3, -0.25) is 4.79 Å². The number of nitrogens with one attached hydrogen (secondary N) is 1. The summed E-state index contributed by atoms with van der Waals surface area (Å²) in [5, 5.41) is 12.5. The number of aromatic amines is 1. The summed E-state index contributed by atoms with van der Waals surface area (Å²) in [4.78, 5) is 16.5. The minimum absolute atomic E-state index is 0.229. The summed E-state index contributed by atoms with van der Waals surface area (Å²) < 4.78 is 1.70. The number of aryl methyl sites for hydroxylation is 1. The maximum Gasteiger partial charge on any atom is 0.272 e. The van der Waals surface area contributed by atoms with Gasteiger partial charge in [0.1, 0.15) is 5.15 Å². The monoisotopic (exact) mass is 340 g/mol. The molecule has 0 aliphatic rings. The van der Waals surface area contributed by atoms with Crippen LogP contribution < -0.4 is 11.3 Å². The summed E-state index contributed by atoms with van der Waals surface area (Å²) >= 11 is 6.02. The minimum atomic E-state index is -0.246. The van der Waals surface area contributed by atoms with Gasteiger partial charge in [-0.2, -0.15) is 10.2 Å². The lowest BCUT2D eigenvalue weighted by Crippen LogP contribution is -2.13. The van der Waals surface area contributed by atoms with Gasteiger partial charge in [0.15, 0.2) is 5.65 Å². The van der Waals surface area contributed by atoms with Crippen molar-refractivity contribution < 1.29 is 0 Å². The number of nitrogens with zero attached hydrogens (tertiary/aromatic N) is 4. The SMILES string of the molecule is Cc1nc2ccc(Cl)nn2c1-c1ccc2c(=O)[nH]nc(CN)c2c1. The first-order chi connectivity index (χ1) is 11.6. The number of H-pyrrole nitrogens is 1. The third kappa shape index (κ3) is 2.17. The first-order valence-electron chi connectivity index (χ1n) is 7.32. The van der Waals surface area contributed by atoms with Gasteiger partial charge in [0.2, 0.25) is 0 Å². The molecule has 0 fully saturated rings. The van der Waals surface area contributed by atoms with Crippen molar-refractivity contribution in [3.05, 3.63) is 57.2 Å². The first-order valence-corrected chi connectivity index (χ1v) is 7.70. The van der Waals surface area contributed by atoms with E-state index in [0.29, 0.717) is 21.9 Å². The summed E-state index contributed by atoms with van der Waals surface area (Å²) in [6.07, 6.45) is 0. The topological polar surface area (TPSA) is 102 Å². The van der Waals surface area contributed by atoms with Crippen molar-refractivity contribution in [2.75, 3.05) is 0 Å². The predicted molar refractivity (Wildman–Crippen MR) is 92.0 cm³/mol. The molecule has 8 heteroatoms. The molecule has 0 spiro atoms. The summed E-state index contributed by atoms with van der Waals surface area (Å²) in [6, 6.07) is 9.01. The highest BCUT2D eigenvalue weighted by atomic mass is 35.5. The van der Waals surface area contributed by atoms with E-state index in [1.807, 2.05) is 25.1 Å². The molecule has 4 rings (SSSR count). The van der Waals surface area contributed by atoms with Crippen molar-refractivity contribution in [2.24, 2.45) is 5.73 Å². The van der Waals surface area contributed by atoms with E-state index in [-0.39, 0.29) is 12.1 Å². The van der Waals surface area contributed by atoms with Gasteiger partial charge >= 0.3 is 0 Å². The number of hydrogen-bond donors (Lipinski definition) is 2. The lowest BCUT2D eigenvalue weighted by Gasteiger charge is -2.07. The standard InChI is InChI=1S/C16H13ClN6O/c1-8-15(23-14(19-8)5-4-13(17)22-23)9-2-3-10-11(6-9)12(7-18)20-21-16(10)24/h2-6H,7,18H2,1H3,(H,21,24). The molecule has 0 atom stereocenters. The highest BCUT2D eigenvalue weighted by Gasteiger charge is 2.14. The Hall–Kier alpha value is -2.77. The van der Waals surface area contributed by atoms with Crippen LogP contribution in [0.5, 0.6) is 0 Å². The van der Waals surface area contributed by atoms with Crippen LogP contribution in [0, 0.1) is 6.92 Å². The Kier molecular flexibility index (Phi) is 3.33. The zero-order valence-electron chi connectivity index (χ0n) is 12.7. The second-order valence-electron chi connectivity index (χ2n) is 5.44. The lowest BCUT2D eigenvalue weighted by atomic mass is 10.0. The molecular formula is C16H13ClN6O. The van der Waals surface area contributed by atoms with Crippen LogP contribution in [0.2, 0.25) is 5.15 Å². The van der Waals surface area contributed by atoms with Crippen molar-refractivity contribution in [2.45, 2.75) is 13.5 Å². The number of rotatable bonds is 2. The number of fused-ring (bicyclic) bond motifs is 2. The Morgan fingerprint density at radius 1 is 1.25 bits per heavy atom. The quantitative estimate of drug-likeness (QED) is 0.581. The molecule has 0 amide bonds. The number of halogens is 1. The van der Waals surface area contributed by atoms with E-state index < -0.39 is 0 Å². The van der Waals surface area contributed by atoms with Crippen LogP contribution >= 0.6 is 11.6 Å². The van der Waals surface area contributed by atoms with Crippen LogP contribution in [0.15, 0.2) is 35.1 Å². The van der Waals surface area contributed by atoms with Crippen LogP contribution in [0.25, 0.3) is 27.7 Å². The molecule has 1 aromatic carbocycles. The number of imidazole rings is 1. The molecule has 3 heterocycles. The van der Waals surface area contributed by atoms with Gasteiger partial charge in [0, 0.05) is 17.5 Å². The number of aromatic nitrogens is 5. The Balaban J connectivity index is 2.06. The molecule has 0 saturated heterocycles. The maximum absolute atomic E-state index is 12.0. The largest absolute Gasteiger partial charge is 0.325 e. The molecule has 24 heavy (non-hydrogen) atoms. The Morgan fingerprint density at radius 3 is 2.88 bits per heavy atom. The van der Waals surface area contributed by atoms with Gasteiger partial charge in [-0.1, -0.05) is 17.7 Å². The van der Waals surface area contributed by atoms with Crippen molar-refractivity contribution in [3.63, 3.8) is 0 Å². The van der Waals surface area contributed by atoms with Gasteiger partial charge in [-0.25, -0.2) is 14.6 Å². The van der Waals surface area contributed by atoms with Gasteiger partial charge in [-0.05, 0) is 31.2 Å². The first kappa shape index (κ1) is 14.8. The summed E-state index contributed by atoms with van der Waals surface area (Å²) in [5.74, 6) is 0. The van der Waals surface area contributed by atoms with Crippen molar-refractivity contribution in [1.82, 2.24) is 24.8 Å². The van der Waals surface area contributed by atoms with E-state index in [1.165, 1.54) is 0 Å². The molecule has 0 saturated carbocycles. The second kappa shape index (κ2) is 5.40. The summed E-state index contributed by atoms with van der Waals surface area (Å²) in [5.41, 5.74) is 9.33. The molecule has 0 radical (unpaired) electrons. The van der Waals surface area contributed by atoms with Gasteiger partial charge in [-0.15, -0.1) is 0 Å². The van der Waals surface area contributed by atoms with Crippen LogP contribution in [0.3, 0.4) is 0 Å². The summed E-state index contributed by atoms with van der Waals surface area (Å²) in [6.45, 7) is 2.13. The molecular weight excluding hydrogens is 328 g/mol. The number of hydrogen-bond acceptors (Lipinski definition) is 5. The van der Waals surface area contributed by atoms with Crippen LogP contribution in [-0.4, -0.2) is 24.8 Å². The zero-order valence-corrected chi connectivity index (χ0v) is 13.5. The predicted octanol–water partition coefficient (Wildman–Crippen LogP) is 2.05. The Bertz CT molecular complexity index is 1150. The van der Waals surface area contributed by atoms with E-state index >= 15 is 0 Å². The van der Waals surface area contributed by atoms with E-state index in [9.17, 15) is 4.79 Å². The molecule has 3 aromatic heterocycles. The number of nitrogens with two attached hydrogens (primary N) is 1. The third-order valence-corrected chi connectivity index (χ3v) is 4.16. The van der Waals surface area contributed by atoms with Gasteiger partial charge in [0.05, 0.1) is 22.5 Å². The highest BCUT2D eigenvalue weighted by molar-refractivity contribution is 6.29. The molecule has 7 nitrogen and oxygen atoms in total. The minimum Gasteiger partial charge on any atom is -0.325 e. The average molecular weight is 341 g/mol. The Labute approximate surface area is 141 Å². The van der Waals surface area contributed by atoms with Crippen molar-refractivity contribution in [3.8, 4) is 11.3 Å². The molecule has 3 N–H and O–H groups in total. The molecule has 4 aromatic rings. The number of benzene rings is 1. The second-order valence-corrected chi connectivity index (χ2v) is 5.82. The molecule has 0 aliphatic heterocycles.